The van der Waals surface area contributed by atoms with Gasteiger partial charge in [0.05, 0.1) is 5.56 Å². The lowest BCUT2D eigenvalue weighted by Gasteiger charge is -2.35. The van der Waals surface area contributed by atoms with Crippen molar-refractivity contribution < 1.29 is 58.4 Å². The van der Waals surface area contributed by atoms with E-state index in [0.29, 0.717) is 0 Å². The van der Waals surface area contributed by atoms with Crippen LogP contribution in [-0.4, -0.2) is 69.2 Å². The van der Waals surface area contributed by atoms with E-state index >= 15 is 0 Å². The number of halogens is 6. The molecular formula is C17H20BF6NO7S. The van der Waals surface area contributed by atoms with Crippen LogP contribution in [0.5, 0.6) is 0 Å². The Kier molecular flexibility index (Phi) is 7.82. The summed E-state index contributed by atoms with van der Waals surface area (Å²) >= 11 is 0. The molecule has 1 aromatic rings. The van der Waals surface area contributed by atoms with E-state index in [1.54, 1.807) is 20.8 Å². The summed E-state index contributed by atoms with van der Waals surface area (Å²) in [6, 6.07) is 2.65. The van der Waals surface area contributed by atoms with Gasteiger partial charge >= 0.3 is 30.0 Å². The van der Waals surface area contributed by atoms with Crippen molar-refractivity contribution in [3.05, 3.63) is 23.8 Å². The topological polar surface area (TPSA) is 110 Å². The largest absolute Gasteiger partial charge is 0.443 e. The highest BCUT2D eigenvalue weighted by Gasteiger charge is 2.76. The fourth-order valence-electron chi connectivity index (χ4n) is 2.53. The summed E-state index contributed by atoms with van der Waals surface area (Å²) < 4.78 is 119. The van der Waals surface area contributed by atoms with E-state index in [1.807, 2.05) is 0 Å². The minimum absolute atomic E-state index is 0.0669. The van der Waals surface area contributed by atoms with Gasteiger partial charge in [0.1, 0.15) is 19.2 Å². The van der Waals surface area contributed by atoms with Crippen LogP contribution in [0.1, 0.15) is 31.1 Å². The highest BCUT2D eigenvalue weighted by Crippen LogP contribution is 2.47. The van der Waals surface area contributed by atoms with Gasteiger partial charge in [0.25, 0.3) is 10.1 Å². The molecule has 0 saturated carbocycles. The van der Waals surface area contributed by atoms with Crippen LogP contribution >= 0.6 is 0 Å². The number of carbonyl (C=O) groups excluding carboxylic acids is 2. The number of rotatable bonds is 5. The maximum atomic E-state index is 13.3. The maximum absolute atomic E-state index is 13.3. The van der Waals surface area contributed by atoms with Crippen molar-refractivity contribution in [2.75, 3.05) is 17.7 Å². The third-order valence-corrected chi connectivity index (χ3v) is 4.80. The minimum Gasteiger partial charge on any atom is -0.443 e. The van der Waals surface area contributed by atoms with Crippen LogP contribution in [-0.2, 0) is 19.6 Å². The lowest BCUT2D eigenvalue weighted by molar-refractivity contribution is -0.356. The molecule has 0 aliphatic rings. The van der Waals surface area contributed by atoms with Crippen LogP contribution in [0, 0.1) is 0 Å². The number of nitrogens with zero attached hydrogens (tertiary/aromatic N) is 1. The summed E-state index contributed by atoms with van der Waals surface area (Å²) in [6.45, 7) is 4.76. The van der Waals surface area contributed by atoms with Crippen LogP contribution in [0.3, 0.4) is 0 Å². The number of alkyl halides is 6. The van der Waals surface area contributed by atoms with Gasteiger partial charge < -0.3 is 9.47 Å². The standard InChI is InChI=1S/C17H20BF6NO7S/c1-14(2,3)32-13(27)25(4)11-6-5-9(7-10(11)18)12(26)31-15(16(19,20)21,17(22,23)24)8-33(28,29)30/h5-7H,8,18H2,1-4H3,(H,28,29,30). The van der Waals surface area contributed by atoms with Gasteiger partial charge in [-0.1, -0.05) is 11.5 Å². The number of esters is 1. The monoisotopic (exact) mass is 507 g/mol. The van der Waals surface area contributed by atoms with E-state index in [1.165, 1.54) is 14.9 Å². The number of hydrogen-bond donors (Lipinski definition) is 1. The molecule has 0 aliphatic heterocycles. The number of anilines is 1. The number of benzene rings is 1. The fraction of sp³-hybridized carbons (Fsp3) is 0.529. The SMILES string of the molecule is Bc1cc(C(=O)OC(CS(=O)(=O)O)(C(F)(F)F)C(F)(F)F)ccc1N(C)C(=O)OC(C)(C)C. The summed E-state index contributed by atoms with van der Waals surface area (Å²) in [7, 11) is -3.33. The lowest BCUT2D eigenvalue weighted by atomic mass is 9.91. The zero-order valence-corrected chi connectivity index (χ0v) is 18.8. The molecule has 16 heteroatoms. The summed E-state index contributed by atoms with van der Waals surface area (Å²) in [6.07, 6.45) is -13.7. The Labute approximate surface area is 186 Å². The highest BCUT2D eigenvalue weighted by atomic mass is 32.2. The average molecular weight is 507 g/mol. The van der Waals surface area contributed by atoms with Gasteiger partial charge in [0.2, 0.25) is 0 Å². The molecule has 0 heterocycles. The first-order valence-corrected chi connectivity index (χ1v) is 10.5. The maximum Gasteiger partial charge on any atom is 0.438 e. The van der Waals surface area contributed by atoms with E-state index in [0.717, 1.165) is 23.1 Å². The Morgan fingerprint density at radius 3 is 1.88 bits per heavy atom. The predicted molar refractivity (Wildman–Crippen MR) is 106 cm³/mol. The minimum atomic E-state index is -6.44. The Balaban J connectivity index is 3.38. The molecule has 186 valence electrons. The molecule has 0 radical (unpaired) electrons. The second-order valence-electron chi connectivity index (χ2n) is 7.98. The predicted octanol–water partition coefficient (Wildman–Crippen LogP) is 2.22. The Morgan fingerprint density at radius 1 is 1.03 bits per heavy atom. The molecule has 0 aromatic heterocycles. The van der Waals surface area contributed by atoms with Crippen LogP contribution in [0.25, 0.3) is 0 Å². The first-order valence-electron chi connectivity index (χ1n) is 8.90. The Morgan fingerprint density at radius 2 is 1.52 bits per heavy atom. The second-order valence-corrected chi connectivity index (χ2v) is 9.43. The summed E-state index contributed by atoms with van der Waals surface area (Å²) in [5, 5.41) is 0. The van der Waals surface area contributed by atoms with Crippen LogP contribution in [0.15, 0.2) is 18.2 Å². The second kappa shape index (κ2) is 9.04. The normalized spacial score (nSPS) is 13.4. The van der Waals surface area contributed by atoms with Gasteiger partial charge in [0, 0.05) is 12.7 Å². The molecule has 1 amide bonds. The quantitative estimate of drug-likeness (QED) is 0.282. The van der Waals surface area contributed by atoms with E-state index in [9.17, 15) is 44.3 Å². The van der Waals surface area contributed by atoms with Crippen molar-refractivity contribution in [1.82, 2.24) is 0 Å². The number of ether oxygens (including phenoxy) is 2. The van der Waals surface area contributed by atoms with Crippen molar-refractivity contribution in [2.45, 2.75) is 44.3 Å². The molecule has 0 aliphatic carbocycles. The van der Waals surface area contributed by atoms with Crippen molar-refractivity contribution in [1.29, 1.82) is 0 Å². The van der Waals surface area contributed by atoms with E-state index in [2.05, 4.69) is 4.74 Å². The van der Waals surface area contributed by atoms with E-state index < -0.39 is 57.1 Å². The van der Waals surface area contributed by atoms with Gasteiger partial charge in [-0.2, -0.15) is 34.8 Å². The van der Waals surface area contributed by atoms with Gasteiger partial charge in [-0.3, -0.25) is 9.45 Å². The molecule has 0 fully saturated rings. The third kappa shape index (κ3) is 7.00. The van der Waals surface area contributed by atoms with Crippen LogP contribution < -0.4 is 10.4 Å². The summed E-state index contributed by atoms with van der Waals surface area (Å²) in [5.74, 6) is -5.15. The highest BCUT2D eigenvalue weighted by molar-refractivity contribution is 7.85. The Hall–Kier alpha value is -2.49. The molecule has 0 atom stereocenters. The molecule has 0 bridgehead atoms. The van der Waals surface area contributed by atoms with E-state index in [-0.39, 0.29) is 11.2 Å². The molecule has 33 heavy (non-hydrogen) atoms. The van der Waals surface area contributed by atoms with Crippen molar-refractivity contribution in [2.24, 2.45) is 0 Å². The zero-order valence-electron chi connectivity index (χ0n) is 18.0. The molecule has 1 N–H and O–H groups in total. The molecule has 1 rings (SSSR count). The zero-order chi connectivity index (χ0) is 26.2. The smallest absolute Gasteiger partial charge is 0.438 e. The van der Waals surface area contributed by atoms with Crippen LogP contribution in [0.2, 0.25) is 0 Å². The number of carbonyl (C=O) groups is 2. The number of hydrogen-bond acceptors (Lipinski definition) is 6. The Bertz CT molecular complexity index is 1000. The van der Waals surface area contributed by atoms with E-state index in [4.69, 9.17) is 9.29 Å². The summed E-state index contributed by atoms with van der Waals surface area (Å²) in [4.78, 5) is 25.3. The molecule has 8 nitrogen and oxygen atoms in total. The molecule has 1 aromatic carbocycles. The van der Waals surface area contributed by atoms with Gasteiger partial charge in [0.15, 0.2) is 0 Å². The lowest BCUT2D eigenvalue weighted by Crippen LogP contribution is -2.63. The molecule has 0 unspecified atom stereocenters. The first kappa shape index (κ1) is 28.5. The van der Waals surface area contributed by atoms with Crippen LogP contribution in [0.4, 0.5) is 36.8 Å². The fourth-order valence-corrected chi connectivity index (χ4v) is 3.43. The average Bonchev–Trinajstić information content (AvgIpc) is 2.55. The number of amides is 1. The molecular weight excluding hydrogens is 487 g/mol. The summed E-state index contributed by atoms with van der Waals surface area (Å²) in [5.41, 5.74) is -7.02. The molecule has 0 spiro atoms. The van der Waals surface area contributed by atoms with Crippen molar-refractivity contribution >= 4 is 41.2 Å². The first-order chi connectivity index (χ1) is 14.5. The van der Waals surface area contributed by atoms with Gasteiger partial charge in [-0.25, -0.2) is 9.59 Å². The van der Waals surface area contributed by atoms with Crippen molar-refractivity contribution in [3.8, 4) is 0 Å². The van der Waals surface area contributed by atoms with Gasteiger partial charge in [-0.05, 0) is 32.9 Å². The third-order valence-electron chi connectivity index (χ3n) is 4.03. The van der Waals surface area contributed by atoms with Gasteiger partial charge in [-0.15, -0.1) is 0 Å². The van der Waals surface area contributed by atoms with Crippen molar-refractivity contribution in [3.63, 3.8) is 0 Å². The molecule has 0 saturated heterocycles.